The number of para-hydroxylation sites is 2. The van der Waals surface area contributed by atoms with E-state index in [9.17, 15) is 0 Å². The summed E-state index contributed by atoms with van der Waals surface area (Å²) in [6.45, 7) is 0. The maximum atomic E-state index is 2.44. The van der Waals surface area contributed by atoms with Crippen molar-refractivity contribution in [2.24, 2.45) is 0 Å². The molecule has 10 rings (SSSR count). The number of fused-ring (bicyclic) bond motifs is 7. The molecule has 1 nitrogen and oxygen atoms in total. The van der Waals surface area contributed by atoms with Gasteiger partial charge in [-0.25, -0.2) is 0 Å². The van der Waals surface area contributed by atoms with Crippen molar-refractivity contribution >= 4 is 55.1 Å². The van der Waals surface area contributed by atoms with Crippen molar-refractivity contribution in [1.82, 2.24) is 4.57 Å². The van der Waals surface area contributed by atoms with Crippen LogP contribution in [0.5, 0.6) is 0 Å². The minimum atomic E-state index is 1.17. The Morgan fingerprint density at radius 2 is 1.11 bits per heavy atom. The second-order valence-corrected chi connectivity index (χ2v) is 13.2. The van der Waals surface area contributed by atoms with Crippen molar-refractivity contribution in [3.05, 3.63) is 164 Å². The predicted molar refractivity (Wildman–Crippen MR) is 196 cm³/mol. The van der Waals surface area contributed by atoms with Crippen LogP contribution in [0.1, 0.15) is 0 Å². The number of benzene rings is 8. The van der Waals surface area contributed by atoms with E-state index < -0.39 is 0 Å². The molecular weight excluding hydrogens is 575 g/mol. The highest BCUT2D eigenvalue weighted by Gasteiger charge is 2.21. The number of hydrogen-bond donors (Lipinski definition) is 0. The predicted octanol–water partition coefficient (Wildman–Crippen LogP) is 12.6. The van der Waals surface area contributed by atoms with E-state index in [2.05, 4.69) is 168 Å². The lowest BCUT2D eigenvalue weighted by molar-refractivity contribution is 1.19. The normalized spacial score (nSPS) is 12.3. The van der Waals surface area contributed by atoms with Gasteiger partial charge in [0, 0.05) is 37.0 Å². The molecule has 0 saturated carbocycles. The zero-order valence-corrected chi connectivity index (χ0v) is 25.8. The third kappa shape index (κ3) is 3.77. The number of nitrogens with zero attached hydrogens (tertiary/aromatic N) is 1. The Morgan fingerprint density at radius 1 is 0.391 bits per heavy atom. The van der Waals surface area contributed by atoms with Crippen LogP contribution in [-0.4, -0.2) is 4.57 Å². The topological polar surface area (TPSA) is 4.93 Å². The highest BCUT2D eigenvalue weighted by Crippen LogP contribution is 2.49. The molecule has 0 saturated heterocycles. The standard InChI is InChI=1S/C44H27NS/c1-2-16-33(17-3-1)45-39-21-7-6-19-36(39)43-37(27-32-11-4-5-18-34(32)44(43)45)31-15-8-14-29(25-31)30-23-24-40-38(26-30)35-20-9-12-28-13-10-22-41(46-40)42(28)35/h1-27H. The quantitative estimate of drug-likeness (QED) is 0.195. The monoisotopic (exact) mass is 601 g/mol. The first-order valence-corrected chi connectivity index (χ1v) is 16.6. The van der Waals surface area contributed by atoms with Crippen LogP contribution >= 0.6 is 11.8 Å². The van der Waals surface area contributed by atoms with Crippen LogP contribution in [0.15, 0.2) is 174 Å². The Labute approximate surface area is 271 Å². The van der Waals surface area contributed by atoms with E-state index >= 15 is 0 Å². The van der Waals surface area contributed by atoms with Gasteiger partial charge in [0.2, 0.25) is 0 Å². The zero-order valence-electron chi connectivity index (χ0n) is 24.9. The Kier molecular flexibility index (Phi) is 5.58. The lowest BCUT2D eigenvalue weighted by Crippen LogP contribution is -1.94. The van der Waals surface area contributed by atoms with Gasteiger partial charge in [0.25, 0.3) is 0 Å². The molecule has 0 aliphatic carbocycles. The van der Waals surface area contributed by atoms with Gasteiger partial charge in [-0.15, -0.1) is 0 Å². The maximum Gasteiger partial charge on any atom is 0.0625 e. The van der Waals surface area contributed by atoms with Gasteiger partial charge in [0.15, 0.2) is 0 Å². The van der Waals surface area contributed by atoms with Crippen LogP contribution in [0.4, 0.5) is 0 Å². The molecule has 0 fully saturated rings. The van der Waals surface area contributed by atoms with Gasteiger partial charge < -0.3 is 4.57 Å². The molecule has 214 valence electrons. The summed E-state index contributed by atoms with van der Waals surface area (Å²) in [7, 11) is 0. The van der Waals surface area contributed by atoms with E-state index in [-0.39, 0.29) is 0 Å². The van der Waals surface area contributed by atoms with Crippen LogP contribution < -0.4 is 0 Å². The van der Waals surface area contributed by atoms with Gasteiger partial charge in [-0.2, -0.15) is 0 Å². The Hall–Kier alpha value is -5.57. The highest BCUT2D eigenvalue weighted by molar-refractivity contribution is 7.99. The van der Waals surface area contributed by atoms with Crippen LogP contribution in [-0.2, 0) is 0 Å². The molecule has 9 aromatic rings. The van der Waals surface area contributed by atoms with Gasteiger partial charge >= 0.3 is 0 Å². The molecule has 0 amide bonds. The molecule has 8 aromatic carbocycles. The zero-order chi connectivity index (χ0) is 30.2. The van der Waals surface area contributed by atoms with Crippen LogP contribution in [0, 0.1) is 0 Å². The van der Waals surface area contributed by atoms with Gasteiger partial charge in [-0.1, -0.05) is 127 Å². The summed E-state index contributed by atoms with van der Waals surface area (Å²) < 4.78 is 2.44. The van der Waals surface area contributed by atoms with Crippen molar-refractivity contribution in [2.75, 3.05) is 0 Å². The van der Waals surface area contributed by atoms with Gasteiger partial charge in [-0.3, -0.25) is 0 Å². The van der Waals surface area contributed by atoms with Gasteiger partial charge in [0.05, 0.1) is 11.0 Å². The SMILES string of the molecule is c1ccc(-n2c3ccccc3c3c(-c4cccc(-c5ccc6c(c5)-c5cccc7cccc(c57)S6)c4)cc4ccccc4c32)cc1. The maximum absolute atomic E-state index is 2.44. The summed E-state index contributed by atoms with van der Waals surface area (Å²) in [5.41, 5.74) is 11.2. The van der Waals surface area contributed by atoms with E-state index in [1.165, 1.54) is 92.2 Å². The fourth-order valence-electron chi connectivity index (χ4n) is 7.52. The smallest absolute Gasteiger partial charge is 0.0625 e. The molecule has 1 aliphatic heterocycles. The second-order valence-electron chi connectivity index (χ2n) is 12.1. The summed E-state index contributed by atoms with van der Waals surface area (Å²) in [5.74, 6) is 0. The summed E-state index contributed by atoms with van der Waals surface area (Å²) in [6, 6.07) is 60.2. The summed E-state index contributed by atoms with van der Waals surface area (Å²) in [5, 5.41) is 7.73. The van der Waals surface area contributed by atoms with E-state index in [0.29, 0.717) is 0 Å². The minimum absolute atomic E-state index is 1.17. The largest absolute Gasteiger partial charge is 0.309 e. The van der Waals surface area contributed by atoms with E-state index in [1.807, 2.05) is 11.8 Å². The number of rotatable bonds is 3. The molecular formula is C44H27NS. The lowest BCUT2D eigenvalue weighted by atomic mass is 9.91. The van der Waals surface area contributed by atoms with Crippen LogP contribution in [0.25, 0.3) is 82.4 Å². The average Bonchev–Trinajstić information content (AvgIpc) is 3.47. The second kappa shape index (κ2) is 9.97. The van der Waals surface area contributed by atoms with Gasteiger partial charge in [0.1, 0.15) is 0 Å². The Bertz CT molecular complexity index is 2660. The van der Waals surface area contributed by atoms with Crippen LogP contribution in [0.3, 0.4) is 0 Å². The molecule has 2 heteroatoms. The highest BCUT2D eigenvalue weighted by atomic mass is 32.2. The summed E-state index contributed by atoms with van der Waals surface area (Å²) >= 11 is 1.88. The third-order valence-corrected chi connectivity index (χ3v) is 10.7. The van der Waals surface area contributed by atoms with Crippen molar-refractivity contribution in [1.29, 1.82) is 0 Å². The molecule has 0 N–H and O–H groups in total. The van der Waals surface area contributed by atoms with Gasteiger partial charge in [-0.05, 0) is 92.7 Å². The molecule has 2 heterocycles. The molecule has 1 aromatic heterocycles. The van der Waals surface area contributed by atoms with Crippen LogP contribution in [0.2, 0.25) is 0 Å². The van der Waals surface area contributed by atoms with Crippen molar-refractivity contribution in [2.45, 2.75) is 9.79 Å². The molecule has 46 heavy (non-hydrogen) atoms. The molecule has 1 aliphatic rings. The number of hydrogen-bond acceptors (Lipinski definition) is 1. The minimum Gasteiger partial charge on any atom is -0.309 e. The first-order valence-electron chi connectivity index (χ1n) is 15.8. The molecule has 0 atom stereocenters. The average molecular weight is 602 g/mol. The molecule has 0 bridgehead atoms. The van der Waals surface area contributed by atoms with E-state index in [4.69, 9.17) is 0 Å². The molecule has 0 radical (unpaired) electrons. The van der Waals surface area contributed by atoms with E-state index in [1.54, 1.807) is 0 Å². The third-order valence-electron chi connectivity index (χ3n) is 9.54. The molecule has 0 spiro atoms. The summed E-state index contributed by atoms with van der Waals surface area (Å²) in [6.07, 6.45) is 0. The van der Waals surface area contributed by atoms with Crippen molar-refractivity contribution in [3.8, 4) is 39.1 Å². The van der Waals surface area contributed by atoms with Crippen molar-refractivity contribution < 1.29 is 0 Å². The lowest BCUT2D eigenvalue weighted by Gasteiger charge is -2.21. The van der Waals surface area contributed by atoms with E-state index in [0.717, 1.165) is 0 Å². The first kappa shape index (κ1) is 25.7. The van der Waals surface area contributed by atoms with Crippen molar-refractivity contribution in [3.63, 3.8) is 0 Å². The number of aromatic nitrogens is 1. The first-order chi connectivity index (χ1) is 22.8. The molecule has 0 unspecified atom stereocenters. The summed E-state index contributed by atoms with van der Waals surface area (Å²) in [4.78, 5) is 2.65. The fraction of sp³-hybridized carbons (Fsp3) is 0. The Balaban J connectivity index is 1.21. The fourth-order valence-corrected chi connectivity index (χ4v) is 8.64. The Morgan fingerprint density at radius 3 is 2.02 bits per heavy atom.